The molecule has 64 heavy (non-hydrogen) atoms. The number of fused-ring (bicyclic) bond motifs is 6. The summed E-state index contributed by atoms with van der Waals surface area (Å²) in [5, 5.41) is 6.95. The van der Waals surface area contributed by atoms with Gasteiger partial charge in [-0.2, -0.15) is 0 Å². The topological polar surface area (TPSA) is 16.4 Å². The number of nitrogens with zero attached hydrogens (tertiary/aromatic N) is 1. The Hall–Kier alpha value is -8.46. The maximum Gasteiger partial charge on any atom is 0.159 e. The van der Waals surface area contributed by atoms with Crippen molar-refractivity contribution < 1.29 is 4.42 Å². The van der Waals surface area contributed by atoms with E-state index in [1.807, 2.05) is 6.07 Å². The summed E-state index contributed by atoms with van der Waals surface area (Å²) in [6.07, 6.45) is 0. The van der Waals surface area contributed by atoms with Crippen molar-refractivity contribution >= 4 is 60.5 Å². The molecule has 0 radical (unpaired) electrons. The quantitative estimate of drug-likeness (QED) is 0.142. The smallest absolute Gasteiger partial charge is 0.159 e. The van der Waals surface area contributed by atoms with Gasteiger partial charge in [-0.25, -0.2) is 0 Å². The van der Waals surface area contributed by atoms with Crippen LogP contribution >= 0.6 is 0 Å². The van der Waals surface area contributed by atoms with Crippen LogP contribution in [0.3, 0.4) is 0 Å². The fraction of sp³-hybridized carbons (Fsp3) is 0. The molecule has 300 valence electrons. The van der Waals surface area contributed by atoms with Crippen LogP contribution in [-0.4, -0.2) is 0 Å². The molecule has 0 saturated heterocycles. The molecule has 0 fully saturated rings. The molecule has 12 rings (SSSR count). The number of benzene rings is 11. The number of rotatable bonds is 8. The van der Waals surface area contributed by atoms with Crippen molar-refractivity contribution in [2.45, 2.75) is 0 Å². The number of para-hydroxylation sites is 2. The van der Waals surface area contributed by atoms with E-state index in [1.54, 1.807) is 0 Å². The van der Waals surface area contributed by atoms with Gasteiger partial charge in [-0.05, 0) is 103 Å². The van der Waals surface area contributed by atoms with E-state index in [9.17, 15) is 0 Å². The van der Waals surface area contributed by atoms with Gasteiger partial charge in [0.05, 0.1) is 11.4 Å². The van der Waals surface area contributed by atoms with Crippen LogP contribution in [0.15, 0.2) is 253 Å². The number of hydrogen-bond donors (Lipinski definition) is 0. The van der Waals surface area contributed by atoms with Gasteiger partial charge < -0.3 is 9.32 Å². The zero-order valence-corrected chi connectivity index (χ0v) is 35.0. The highest BCUT2D eigenvalue weighted by Crippen LogP contribution is 2.51. The van der Waals surface area contributed by atoms with Crippen LogP contribution in [0.5, 0.6) is 0 Å². The summed E-state index contributed by atoms with van der Waals surface area (Å²) in [4.78, 5) is 2.44. The molecule has 12 aromatic rings. The Kier molecular flexibility index (Phi) is 9.20. The average molecular weight is 816 g/mol. The van der Waals surface area contributed by atoms with Crippen molar-refractivity contribution in [1.82, 2.24) is 0 Å². The molecule has 0 N–H and O–H groups in total. The van der Waals surface area contributed by atoms with E-state index in [2.05, 4.69) is 248 Å². The molecule has 1 heterocycles. The summed E-state index contributed by atoms with van der Waals surface area (Å²) in [5.41, 5.74) is 16.6. The van der Waals surface area contributed by atoms with E-state index in [-0.39, 0.29) is 0 Å². The van der Waals surface area contributed by atoms with Gasteiger partial charge in [0.15, 0.2) is 5.58 Å². The first-order valence-electron chi connectivity index (χ1n) is 21.9. The van der Waals surface area contributed by atoms with Crippen LogP contribution in [0.1, 0.15) is 0 Å². The number of furan rings is 1. The van der Waals surface area contributed by atoms with Gasteiger partial charge >= 0.3 is 0 Å². The van der Waals surface area contributed by atoms with Crippen molar-refractivity contribution in [1.29, 1.82) is 0 Å². The van der Waals surface area contributed by atoms with Crippen LogP contribution in [0.25, 0.3) is 99.1 Å². The normalized spacial score (nSPS) is 11.4. The highest BCUT2D eigenvalue weighted by molar-refractivity contribution is 6.23. The van der Waals surface area contributed by atoms with Crippen LogP contribution in [0, 0.1) is 0 Å². The van der Waals surface area contributed by atoms with Gasteiger partial charge in [0.2, 0.25) is 0 Å². The summed E-state index contributed by atoms with van der Waals surface area (Å²) >= 11 is 0. The van der Waals surface area contributed by atoms with E-state index in [0.29, 0.717) is 0 Å². The van der Waals surface area contributed by atoms with E-state index < -0.39 is 0 Å². The standard InChI is InChI=1S/C62H41NO/c1-3-16-42(17-4-1)47-20-13-21-48(40-47)46-34-32-44(33-35-46)45-36-38-51(39-37-45)63(58-30-15-29-57-54-26-11-12-31-59(54)64-62(57)58)61-56-28-10-8-25-53(56)52-24-7-9-27-55(52)60(61)50-23-14-22-49(41-50)43-18-5-2-6-19-43/h1-41H. The lowest BCUT2D eigenvalue weighted by atomic mass is 9.88. The lowest BCUT2D eigenvalue weighted by Crippen LogP contribution is -2.12. The minimum atomic E-state index is 0.848. The molecule has 0 aliphatic carbocycles. The molecular formula is C62H41NO. The largest absolute Gasteiger partial charge is 0.454 e. The van der Waals surface area contributed by atoms with Crippen LogP contribution in [-0.2, 0) is 0 Å². The van der Waals surface area contributed by atoms with Crippen molar-refractivity contribution in [3.05, 3.63) is 249 Å². The van der Waals surface area contributed by atoms with Gasteiger partial charge in [-0.1, -0.05) is 212 Å². The Labute approximate surface area is 372 Å². The molecular weight excluding hydrogens is 775 g/mol. The van der Waals surface area contributed by atoms with Crippen molar-refractivity contribution in [2.24, 2.45) is 0 Å². The van der Waals surface area contributed by atoms with Gasteiger partial charge in [0.1, 0.15) is 5.58 Å². The maximum atomic E-state index is 6.86. The van der Waals surface area contributed by atoms with E-state index in [4.69, 9.17) is 4.42 Å². The molecule has 2 nitrogen and oxygen atoms in total. The summed E-state index contributed by atoms with van der Waals surface area (Å²) < 4.78 is 6.86. The molecule has 0 bridgehead atoms. The van der Waals surface area contributed by atoms with E-state index in [0.717, 1.165) is 66.6 Å². The Morgan fingerprint density at radius 1 is 0.266 bits per heavy atom. The highest BCUT2D eigenvalue weighted by Gasteiger charge is 2.26. The van der Waals surface area contributed by atoms with Crippen LogP contribution in [0.2, 0.25) is 0 Å². The summed E-state index contributed by atoms with van der Waals surface area (Å²) in [5.74, 6) is 0. The Morgan fingerprint density at radius 2 is 0.672 bits per heavy atom. The third-order valence-electron chi connectivity index (χ3n) is 12.7. The molecule has 0 atom stereocenters. The summed E-state index contributed by atoms with van der Waals surface area (Å²) in [7, 11) is 0. The van der Waals surface area contributed by atoms with E-state index in [1.165, 1.54) is 49.5 Å². The molecule has 0 aliphatic rings. The molecule has 2 heteroatoms. The minimum Gasteiger partial charge on any atom is -0.454 e. The first-order chi connectivity index (χ1) is 31.7. The molecule has 0 aliphatic heterocycles. The Bertz CT molecular complexity index is 3640. The van der Waals surface area contributed by atoms with Crippen LogP contribution < -0.4 is 4.90 Å². The average Bonchev–Trinajstić information content (AvgIpc) is 3.77. The zero-order valence-electron chi connectivity index (χ0n) is 35.0. The second-order valence-electron chi connectivity index (χ2n) is 16.4. The summed E-state index contributed by atoms with van der Waals surface area (Å²) in [6, 6.07) is 89.6. The number of anilines is 3. The van der Waals surface area contributed by atoms with Gasteiger partial charge in [-0.3, -0.25) is 0 Å². The third-order valence-corrected chi connectivity index (χ3v) is 12.7. The Balaban J connectivity index is 1.05. The zero-order chi connectivity index (χ0) is 42.4. The number of hydrogen-bond acceptors (Lipinski definition) is 2. The van der Waals surface area contributed by atoms with Crippen molar-refractivity contribution in [2.75, 3.05) is 4.90 Å². The lowest BCUT2D eigenvalue weighted by Gasteiger charge is -2.31. The fourth-order valence-corrected chi connectivity index (χ4v) is 9.60. The molecule has 11 aromatic carbocycles. The van der Waals surface area contributed by atoms with E-state index >= 15 is 0 Å². The van der Waals surface area contributed by atoms with Crippen LogP contribution in [0.4, 0.5) is 17.1 Å². The SMILES string of the molecule is c1ccc(-c2cccc(-c3ccc(-c4ccc(N(c5c(-c6cccc(-c7ccccc7)c6)c6ccccc6c6ccccc56)c5cccc6c5oc5ccccc56)cc4)cc3)c2)cc1. The molecule has 0 saturated carbocycles. The van der Waals surface area contributed by atoms with Crippen molar-refractivity contribution in [3.63, 3.8) is 0 Å². The van der Waals surface area contributed by atoms with Gasteiger partial charge in [-0.15, -0.1) is 0 Å². The van der Waals surface area contributed by atoms with Gasteiger partial charge in [0, 0.05) is 27.4 Å². The summed E-state index contributed by atoms with van der Waals surface area (Å²) in [6.45, 7) is 0. The predicted octanol–water partition coefficient (Wildman–Crippen LogP) is 17.7. The monoisotopic (exact) mass is 815 g/mol. The highest BCUT2D eigenvalue weighted by atomic mass is 16.3. The second kappa shape index (κ2) is 15.8. The minimum absolute atomic E-state index is 0.848. The first-order valence-corrected chi connectivity index (χ1v) is 21.9. The predicted molar refractivity (Wildman–Crippen MR) is 271 cm³/mol. The Morgan fingerprint density at radius 3 is 1.30 bits per heavy atom. The first kappa shape index (κ1) is 37.3. The second-order valence-corrected chi connectivity index (χ2v) is 16.4. The molecule has 0 unspecified atom stereocenters. The van der Waals surface area contributed by atoms with Gasteiger partial charge in [0.25, 0.3) is 0 Å². The molecule has 1 aromatic heterocycles. The van der Waals surface area contributed by atoms with Crippen molar-refractivity contribution in [3.8, 4) is 55.6 Å². The fourth-order valence-electron chi connectivity index (χ4n) is 9.60. The molecule has 0 amide bonds. The maximum absolute atomic E-state index is 6.86. The lowest BCUT2D eigenvalue weighted by molar-refractivity contribution is 0.669. The third kappa shape index (κ3) is 6.52. The molecule has 0 spiro atoms.